The predicted molar refractivity (Wildman–Crippen MR) is 78.9 cm³/mol. The summed E-state index contributed by atoms with van der Waals surface area (Å²) in [7, 11) is 0. The maximum Gasteiger partial charge on any atom is 0.292 e. The third-order valence-electron chi connectivity index (χ3n) is 4.39. The SMILES string of the molecule is Nc1cc(N2CCC(N3CCCC3)C2)ccc1[N+](=O)[O-]. The predicted octanol–water partition coefficient (Wildman–Crippen LogP) is 1.85. The highest BCUT2D eigenvalue weighted by molar-refractivity contribution is 5.66. The molecule has 1 aromatic rings. The number of hydrogen-bond donors (Lipinski definition) is 1. The molecule has 3 rings (SSSR count). The Hall–Kier alpha value is -1.82. The van der Waals surface area contributed by atoms with Crippen LogP contribution in [0.25, 0.3) is 0 Å². The van der Waals surface area contributed by atoms with Crippen molar-refractivity contribution in [1.82, 2.24) is 4.90 Å². The Bertz CT molecular complexity index is 514. The highest BCUT2D eigenvalue weighted by Gasteiger charge is 2.29. The van der Waals surface area contributed by atoms with Crippen molar-refractivity contribution in [2.75, 3.05) is 36.8 Å². The van der Waals surface area contributed by atoms with Crippen LogP contribution in [0.4, 0.5) is 17.1 Å². The summed E-state index contributed by atoms with van der Waals surface area (Å²) in [5.74, 6) is 0. The van der Waals surface area contributed by atoms with Gasteiger partial charge < -0.3 is 10.6 Å². The number of likely N-dealkylation sites (tertiary alicyclic amines) is 1. The van der Waals surface area contributed by atoms with Crippen molar-refractivity contribution in [3.05, 3.63) is 28.3 Å². The Morgan fingerprint density at radius 3 is 2.65 bits per heavy atom. The van der Waals surface area contributed by atoms with Crippen LogP contribution >= 0.6 is 0 Å². The van der Waals surface area contributed by atoms with Gasteiger partial charge in [0.1, 0.15) is 5.69 Å². The number of anilines is 2. The third kappa shape index (κ3) is 2.43. The van der Waals surface area contributed by atoms with Crippen molar-refractivity contribution >= 4 is 17.1 Å². The molecule has 20 heavy (non-hydrogen) atoms. The van der Waals surface area contributed by atoms with Gasteiger partial charge in [-0.2, -0.15) is 0 Å². The van der Waals surface area contributed by atoms with E-state index in [0.717, 1.165) is 25.2 Å². The van der Waals surface area contributed by atoms with Gasteiger partial charge in [-0.05, 0) is 44.5 Å². The molecule has 1 unspecified atom stereocenters. The Balaban J connectivity index is 1.71. The molecule has 0 aromatic heterocycles. The summed E-state index contributed by atoms with van der Waals surface area (Å²) in [5, 5.41) is 10.8. The number of hydrogen-bond acceptors (Lipinski definition) is 5. The molecule has 2 aliphatic heterocycles. The van der Waals surface area contributed by atoms with E-state index in [4.69, 9.17) is 5.73 Å². The van der Waals surface area contributed by atoms with Crippen LogP contribution in [0.2, 0.25) is 0 Å². The first kappa shape index (κ1) is 13.2. The van der Waals surface area contributed by atoms with Gasteiger partial charge in [-0.1, -0.05) is 0 Å². The molecular weight excluding hydrogens is 256 g/mol. The van der Waals surface area contributed by atoms with E-state index in [2.05, 4.69) is 9.80 Å². The Kier molecular flexibility index (Phi) is 3.48. The molecule has 0 aliphatic carbocycles. The summed E-state index contributed by atoms with van der Waals surface area (Å²) >= 11 is 0. The molecule has 0 spiro atoms. The van der Waals surface area contributed by atoms with E-state index in [0.29, 0.717) is 6.04 Å². The lowest BCUT2D eigenvalue weighted by Gasteiger charge is -2.24. The molecule has 2 saturated heterocycles. The zero-order valence-corrected chi connectivity index (χ0v) is 11.5. The monoisotopic (exact) mass is 276 g/mol. The lowest BCUT2D eigenvalue weighted by atomic mass is 10.2. The van der Waals surface area contributed by atoms with Gasteiger partial charge in [0.05, 0.1) is 4.92 Å². The van der Waals surface area contributed by atoms with Crippen molar-refractivity contribution in [3.8, 4) is 0 Å². The van der Waals surface area contributed by atoms with Crippen LogP contribution in [0, 0.1) is 10.1 Å². The molecule has 2 fully saturated rings. The molecule has 2 heterocycles. The fourth-order valence-corrected chi connectivity index (χ4v) is 3.29. The van der Waals surface area contributed by atoms with E-state index >= 15 is 0 Å². The van der Waals surface area contributed by atoms with Crippen LogP contribution in [-0.2, 0) is 0 Å². The number of nitro groups is 1. The maximum absolute atomic E-state index is 10.8. The molecule has 6 heteroatoms. The first-order valence-electron chi connectivity index (χ1n) is 7.18. The van der Waals surface area contributed by atoms with Crippen LogP contribution in [0.3, 0.4) is 0 Å². The number of nitrogens with zero attached hydrogens (tertiary/aromatic N) is 3. The highest BCUT2D eigenvalue weighted by atomic mass is 16.6. The smallest absolute Gasteiger partial charge is 0.292 e. The van der Waals surface area contributed by atoms with Gasteiger partial charge in [0, 0.05) is 30.9 Å². The quantitative estimate of drug-likeness (QED) is 0.518. The minimum atomic E-state index is -0.434. The Morgan fingerprint density at radius 1 is 1.25 bits per heavy atom. The summed E-state index contributed by atoms with van der Waals surface area (Å²) in [6.45, 7) is 4.41. The first-order chi connectivity index (χ1) is 9.65. The van der Waals surface area contributed by atoms with Crippen LogP contribution < -0.4 is 10.6 Å². The average Bonchev–Trinajstić information content (AvgIpc) is 3.09. The minimum Gasteiger partial charge on any atom is -0.393 e. The van der Waals surface area contributed by atoms with Gasteiger partial charge in [0.2, 0.25) is 0 Å². The lowest BCUT2D eigenvalue weighted by Crippen LogP contribution is -2.35. The standard InChI is InChI=1S/C14H20N4O2/c15-13-9-11(3-4-14(13)18(19)20)17-8-5-12(10-17)16-6-1-2-7-16/h3-4,9,12H,1-2,5-8,10,15H2. The third-order valence-corrected chi connectivity index (χ3v) is 4.39. The number of nitro benzene ring substituents is 1. The van der Waals surface area contributed by atoms with E-state index in [1.807, 2.05) is 0 Å². The van der Waals surface area contributed by atoms with Crippen LogP contribution in [0.5, 0.6) is 0 Å². The van der Waals surface area contributed by atoms with Crippen molar-refractivity contribution in [3.63, 3.8) is 0 Å². The van der Waals surface area contributed by atoms with Gasteiger partial charge in [0.15, 0.2) is 0 Å². The molecule has 2 N–H and O–H groups in total. The van der Waals surface area contributed by atoms with E-state index in [9.17, 15) is 10.1 Å². The fraction of sp³-hybridized carbons (Fsp3) is 0.571. The number of nitrogen functional groups attached to an aromatic ring is 1. The molecule has 0 radical (unpaired) electrons. The Labute approximate surface area is 118 Å². The average molecular weight is 276 g/mol. The van der Waals surface area contributed by atoms with E-state index in [-0.39, 0.29) is 11.4 Å². The summed E-state index contributed by atoms with van der Waals surface area (Å²) < 4.78 is 0. The zero-order valence-electron chi connectivity index (χ0n) is 11.5. The largest absolute Gasteiger partial charge is 0.393 e. The van der Waals surface area contributed by atoms with Crippen molar-refractivity contribution in [2.24, 2.45) is 0 Å². The summed E-state index contributed by atoms with van der Waals surface area (Å²) in [6, 6.07) is 5.66. The summed E-state index contributed by atoms with van der Waals surface area (Å²) in [4.78, 5) is 15.2. The second kappa shape index (κ2) is 5.28. The van der Waals surface area contributed by atoms with Crippen molar-refractivity contribution in [1.29, 1.82) is 0 Å². The molecule has 0 bridgehead atoms. The van der Waals surface area contributed by atoms with Gasteiger partial charge >= 0.3 is 0 Å². The molecule has 0 amide bonds. The number of nitrogens with two attached hydrogens (primary N) is 1. The van der Waals surface area contributed by atoms with Crippen LogP contribution in [-0.4, -0.2) is 42.0 Å². The molecule has 1 atom stereocenters. The second-order valence-corrected chi connectivity index (χ2v) is 5.63. The number of rotatable bonds is 3. The zero-order chi connectivity index (χ0) is 14.1. The molecule has 1 aromatic carbocycles. The normalized spacial score (nSPS) is 23.4. The minimum absolute atomic E-state index is 0.0101. The van der Waals surface area contributed by atoms with Gasteiger partial charge in [-0.3, -0.25) is 15.0 Å². The van der Waals surface area contributed by atoms with Crippen LogP contribution in [0.15, 0.2) is 18.2 Å². The Morgan fingerprint density at radius 2 is 2.00 bits per heavy atom. The van der Waals surface area contributed by atoms with E-state index in [1.54, 1.807) is 12.1 Å². The lowest BCUT2D eigenvalue weighted by molar-refractivity contribution is -0.383. The first-order valence-corrected chi connectivity index (χ1v) is 7.18. The highest BCUT2D eigenvalue weighted by Crippen LogP contribution is 2.30. The molecule has 2 aliphatic rings. The van der Waals surface area contributed by atoms with Crippen molar-refractivity contribution in [2.45, 2.75) is 25.3 Å². The van der Waals surface area contributed by atoms with E-state index < -0.39 is 4.92 Å². The van der Waals surface area contributed by atoms with E-state index in [1.165, 1.54) is 32.0 Å². The fourth-order valence-electron chi connectivity index (χ4n) is 3.29. The summed E-state index contributed by atoms with van der Waals surface area (Å²) in [5.41, 5.74) is 7.00. The topological polar surface area (TPSA) is 75.6 Å². The molecule has 6 nitrogen and oxygen atoms in total. The number of benzene rings is 1. The maximum atomic E-state index is 10.8. The van der Waals surface area contributed by atoms with Crippen molar-refractivity contribution < 1.29 is 4.92 Å². The van der Waals surface area contributed by atoms with Crippen LogP contribution in [0.1, 0.15) is 19.3 Å². The molecule has 108 valence electrons. The molecular formula is C14H20N4O2. The van der Waals surface area contributed by atoms with Gasteiger partial charge in [-0.25, -0.2) is 0 Å². The van der Waals surface area contributed by atoms with Gasteiger partial charge in [-0.15, -0.1) is 0 Å². The summed E-state index contributed by atoms with van der Waals surface area (Å²) in [6.07, 6.45) is 3.78. The second-order valence-electron chi connectivity index (χ2n) is 5.63. The molecule has 0 saturated carbocycles. The van der Waals surface area contributed by atoms with Gasteiger partial charge in [0.25, 0.3) is 5.69 Å².